The van der Waals surface area contributed by atoms with Gasteiger partial charge in [-0.3, -0.25) is 0 Å². The first kappa shape index (κ1) is 10.2. The molecule has 0 aliphatic carbocycles. The van der Waals surface area contributed by atoms with Gasteiger partial charge in [-0.1, -0.05) is 0 Å². The van der Waals surface area contributed by atoms with Crippen LogP contribution in [0.5, 0.6) is 0 Å². The van der Waals surface area contributed by atoms with E-state index in [-0.39, 0.29) is 12.2 Å². The fourth-order valence-corrected chi connectivity index (χ4v) is 2.19. The molecule has 1 fully saturated rings. The predicted octanol–water partition coefficient (Wildman–Crippen LogP) is 2.64. The highest BCUT2D eigenvalue weighted by Crippen LogP contribution is 2.33. The molecule has 2 heterocycles. The minimum absolute atomic E-state index is 0.132. The summed E-state index contributed by atoms with van der Waals surface area (Å²) >= 11 is 3.32. The Bertz CT molecular complexity index is 310. The summed E-state index contributed by atoms with van der Waals surface area (Å²) < 4.78 is 11.6. The van der Waals surface area contributed by atoms with Crippen molar-refractivity contribution in [2.45, 2.75) is 38.1 Å². The summed E-state index contributed by atoms with van der Waals surface area (Å²) in [5.74, 6) is 0.559. The average molecular weight is 261 g/mol. The van der Waals surface area contributed by atoms with Gasteiger partial charge in [0.15, 0.2) is 0 Å². The second-order valence-corrected chi connectivity index (χ2v) is 4.49. The van der Waals surface area contributed by atoms with Crippen LogP contribution in [0.1, 0.15) is 31.6 Å². The topological polar surface area (TPSA) is 42.6 Å². The molecule has 0 amide bonds. The van der Waals surface area contributed by atoms with Crippen molar-refractivity contribution < 1.29 is 14.3 Å². The Morgan fingerprint density at radius 2 is 2.36 bits per heavy atom. The van der Waals surface area contributed by atoms with Crippen molar-refractivity contribution in [1.29, 1.82) is 0 Å². The number of aliphatic hydroxyl groups excluding tert-OH is 1. The van der Waals surface area contributed by atoms with Gasteiger partial charge >= 0.3 is 0 Å². The van der Waals surface area contributed by atoms with Crippen molar-refractivity contribution in [3.05, 3.63) is 22.6 Å². The molecule has 1 saturated heterocycles. The Morgan fingerprint density at radius 3 is 2.86 bits per heavy atom. The summed E-state index contributed by atoms with van der Waals surface area (Å²) in [6, 6.07) is 1.77. The lowest BCUT2D eigenvalue weighted by Crippen LogP contribution is -2.18. The molecule has 14 heavy (non-hydrogen) atoms. The van der Waals surface area contributed by atoms with Crippen LogP contribution in [-0.2, 0) is 4.74 Å². The minimum Gasteiger partial charge on any atom is -0.465 e. The van der Waals surface area contributed by atoms with Crippen LogP contribution < -0.4 is 0 Å². The van der Waals surface area contributed by atoms with Gasteiger partial charge < -0.3 is 14.3 Å². The third-order valence-corrected chi connectivity index (χ3v) is 3.19. The second-order valence-electron chi connectivity index (χ2n) is 3.64. The highest BCUT2D eigenvalue weighted by molar-refractivity contribution is 9.10. The summed E-state index contributed by atoms with van der Waals surface area (Å²) in [4.78, 5) is 0. The summed E-state index contributed by atoms with van der Waals surface area (Å²) in [6.45, 7) is 2.02. The van der Waals surface area contributed by atoms with Crippen molar-refractivity contribution in [2.75, 3.05) is 0 Å². The van der Waals surface area contributed by atoms with Gasteiger partial charge in [0.25, 0.3) is 0 Å². The van der Waals surface area contributed by atoms with E-state index in [1.807, 2.05) is 6.92 Å². The Labute approximate surface area is 91.2 Å². The average Bonchev–Trinajstić information content (AvgIpc) is 2.73. The zero-order valence-corrected chi connectivity index (χ0v) is 9.53. The number of aliphatic hydroxyl groups is 1. The maximum Gasteiger partial charge on any atom is 0.149 e. The smallest absolute Gasteiger partial charge is 0.149 e. The van der Waals surface area contributed by atoms with E-state index in [4.69, 9.17) is 9.15 Å². The molecule has 1 aliphatic heterocycles. The highest BCUT2D eigenvalue weighted by atomic mass is 79.9. The molecule has 3 unspecified atom stereocenters. The summed E-state index contributed by atoms with van der Waals surface area (Å²) in [5, 5.41) is 9.96. The SMILES string of the molecule is CC1CCC(C(O)c2occc2Br)O1. The maximum absolute atomic E-state index is 9.96. The Kier molecular flexibility index (Phi) is 2.95. The molecule has 0 spiro atoms. The molecular weight excluding hydrogens is 248 g/mol. The van der Waals surface area contributed by atoms with Crippen LogP contribution in [0, 0.1) is 0 Å². The molecule has 0 radical (unpaired) electrons. The van der Waals surface area contributed by atoms with E-state index in [9.17, 15) is 5.11 Å². The van der Waals surface area contributed by atoms with Gasteiger partial charge in [0, 0.05) is 0 Å². The third-order valence-electron chi connectivity index (χ3n) is 2.53. The first-order valence-electron chi connectivity index (χ1n) is 4.75. The molecule has 78 valence electrons. The first-order chi connectivity index (χ1) is 6.68. The van der Waals surface area contributed by atoms with Crippen molar-refractivity contribution in [3.8, 4) is 0 Å². The number of hydrogen-bond acceptors (Lipinski definition) is 3. The van der Waals surface area contributed by atoms with Gasteiger partial charge in [-0.15, -0.1) is 0 Å². The fraction of sp³-hybridized carbons (Fsp3) is 0.600. The molecule has 1 aliphatic rings. The van der Waals surface area contributed by atoms with Crippen molar-refractivity contribution in [2.24, 2.45) is 0 Å². The molecule has 3 nitrogen and oxygen atoms in total. The normalized spacial score (nSPS) is 29.4. The molecule has 0 saturated carbocycles. The highest BCUT2D eigenvalue weighted by Gasteiger charge is 2.31. The predicted molar refractivity (Wildman–Crippen MR) is 54.9 cm³/mol. The van der Waals surface area contributed by atoms with Crippen LogP contribution in [0.2, 0.25) is 0 Å². The molecule has 2 rings (SSSR count). The number of furan rings is 1. The van der Waals surface area contributed by atoms with Crippen LogP contribution in [0.4, 0.5) is 0 Å². The quantitative estimate of drug-likeness (QED) is 0.889. The van der Waals surface area contributed by atoms with Crippen molar-refractivity contribution >= 4 is 15.9 Å². The van der Waals surface area contributed by atoms with E-state index in [1.54, 1.807) is 12.3 Å². The molecule has 4 heteroatoms. The van der Waals surface area contributed by atoms with Crippen LogP contribution in [0.3, 0.4) is 0 Å². The molecule has 0 bridgehead atoms. The van der Waals surface area contributed by atoms with E-state index < -0.39 is 6.10 Å². The zero-order valence-electron chi connectivity index (χ0n) is 7.94. The standard InChI is InChI=1S/C10H13BrO3/c1-6-2-3-8(14-6)9(12)10-7(11)4-5-13-10/h4-6,8-9,12H,2-3H2,1H3. The lowest BCUT2D eigenvalue weighted by Gasteiger charge is -2.16. The zero-order chi connectivity index (χ0) is 10.1. The monoisotopic (exact) mass is 260 g/mol. The second kappa shape index (κ2) is 4.04. The van der Waals surface area contributed by atoms with E-state index in [0.29, 0.717) is 5.76 Å². The maximum atomic E-state index is 9.96. The Hall–Kier alpha value is -0.320. The number of rotatable bonds is 2. The Morgan fingerprint density at radius 1 is 1.57 bits per heavy atom. The van der Waals surface area contributed by atoms with Gasteiger partial charge in [-0.2, -0.15) is 0 Å². The molecule has 1 aromatic heterocycles. The fourth-order valence-electron chi connectivity index (χ4n) is 1.75. The summed E-state index contributed by atoms with van der Waals surface area (Å²) in [7, 11) is 0. The van der Waals surface area contributed by atoms with Gasteiger partial charge in [0.05, 0.1) is 22.9 Å². The molecule has 3 atom stereocenters. The van der Waals surface area contributed by atoms with Crippen LogP contribution in [-0.4, -0.2) is 17.3 Å². The third kappa shape index (κ3) is 1.87. The summed E-state index contributed by atoms with van der Waals surface area (Å²) in [5.41, 5.74) is 0. The minimum atomic E-state index is -0.663. The first-order valence-corrected chi connectivity index (χ1v) is 5.54. The van der Waals surface area contributed by atoms with Crippen LogP contribution in [0.25, 0.3) is 0 Å². The van der Waals surface area contributed by atoms with Gasteiger partial charge in [-0.05, 0) is 41.8 Å². The molecule has 1 aromatic rings. The van der Waals surface area contributed by atoms with Crippen LogP contribution in [0.15, 0.2) is 21.2 Å². The molecular formula is C10H13BrO3. The number of halogens is 1. The number of hydrogen-bond donors (Lipinski definition) is 1. The van der Waals surface area contributed by atoms with Gasteiger partial charge in [0.1, 0.15) is 11.9 Å². The van der Waals surface area contributed by atoms with Crippen molar-refractivity contribution in [1.82, 2.24) is 0 Å². The largest absolute Gasteiger partial charge is 0.465 e. The van der Waals surface area contributed by atoms with Gasteiger partial charge in [-0.25, -0.2) is 0 Å². The molecule has 1 N–H and O–H groups in total. The van der Waals surface area contributed by atoms with Gasteiger partial charge in [0.2, 0.25) is 0 Å². The summed E-state index contributed by atoms with van der Waals surface area (Å²) in [6.07, 6.45) is 2.89. The van der Waals surface area contributed by atoms with E-state index in [1.165, 1.54) is 0 Å². The molecule has 0 aromatic carbocycles. The van der Waals surface area contributed by atoms with E-state index in [0.717, 1.165) is 17.3 Å². The lowest BCUT2D eigenvalue weighted by atomic mass is 10.1. The van der Waals surface area contributed by atoms with Crippen LogP contribution >= 0.6 is 15.9 Å². The lowest BCUT2D eigenvalue weighted by molar-refractivity contribution is -0.0383. The van der Waals surface area contributed by atoms with Crippen molar-refractivity contribution in [3.63, 3.8) is 0 Å². The van der Waals surface area contributed by atoms with E-state index >= 15 is 0 Å². The Balaban J connectivity index is 2.09. The van der Waals surface area contributed by atoms with E-state index in [2.05, 4.69) is 15.9 Å². The number of ether oxygens (including phenoxy) is 1.